The molecule has 192 valence electrons. The topological polar surface area (TPSA) is 84.9 Å². The Balaban J connectivity index is 1.67. The van der Waals surface area contributed by atoms with Gasteiger partial charge < -0.3 is 14.8 Å². The molecule has 0 aliphatic rings. The van der Waals surface area contributed by atoms with Crippen molar-refractivity contribution in [3.05, 3.63) is 84.2 Å². The molecule has 0 saturated carbocycles. The van der Waals surface area contributed by atoms with E-state index in [1.54, 1.807) is 0 Å². The average Bonchev–Trinajstić information content (AvgIpc) is 2.85. The van der Waals surface area contributed by atoms with Gasteiger partial charge in [0, 0.05) is 6.54 Å². The monoisotopic (exact) mass is 514 g/mol. The van der Waals surface area contributed by atoms with Gasteiger partial charge in [-0.1, -0.05) is 24.3 Å². The number of hydrogen-bond donors (Lipinski definition) is 1. The van der Waals surface area contributed by atoms with Gasteiger partial charge in [-0.25, -0.2) is 12.8 Å². The van der Waals surface area contributed by atoms with E-state index in [0.717, 1.165) is 21.7 Å². The second kappa shape index (κ2) is 12.4. The van der Waals surface area contributed by atoms with Crippen molar-refractivity contribution in [3.63, 3.8) is 0 Å². The van der Waals surface area contributed by atoms with Crippen LogP contribution in [0.3, 0.4) is 0 Å². The molecule has 1 N–H and O–H groups in total. The van der Waals surface area contributed by atoms with Gasteiger partial charge in [-0.2, -0.15) is 0 Å². The number of ether oxygens (including phenoxy) is 2. The maximum Gasteiger partial charge on any atom is 0.264 e. The van der Waals surface area contributed by atoms with Crippen LogP contribution in [0.1, 0.15) is 25.8 Å². The number of amides is 1. The molecule has 3 aromatic carbocycles. The first kappa shape index (κ1) is 27.0. The van der Waals surface area contributed by atoms with Gasteiger partial charge in [-0.3, -0.25) is 9.10 Å². The van der Waals surface area contributed by atoms with Crippen molar-refractivity contribution in [2.75, 3.05) is 24.5 Å². The lowest BCUT2D eigenvalue weighted by molar-refractivity contribution is -0.119. The molecule has 0 radical (unpaired) electrons. The van der Waals surface area contributed by atoms with Crippen LogP contribution in [0.2, 0.25) is 0 Å². The number of halogens is 1. The van der Waals surface area contributed by atoms with E-state index in [1.807, 2.05) is 38.1 Å². The average molecular weight is 515 g/mol. The molecule has 0 unspecified atom stereocenters. The van der Waals surface area contributed by atoms with E-state index in [2.05, 4.69) is 5.32 Å². The number of methoxy groups -OCH3 is 1. The third kappa shape index (κ3) is 7.21. The Kier molecular flexibility index (Phi) is 9.30. The molecule has 36 heavy (non-hydrogen) atoms. The molecule has 0 aliphatic heterocycles. The fourth-order valence-corrected chi connectivity index (χ4v) is 5.01. The number of carbonyl (C=O) groups excluding carboxylic acids is 1. The highest BCUT2D eigenvalue weighted by molar-refractivity contribution is 7.92. The van der Waals surface area contributed by atoms with Gasteiger partial charge in [-0.05, 0) is 80.8 Å². The maximum absolute atomic E-state index is 14.6. The number of hydrogen-bond acceptors (Lipinski definition) is 5. The number of para-hydroxylation sites is 1. The standard InChI is InChI=1S/C27H31FN2O5S/c1-20(2)35-23-10-6-8-21(18-23)9-7-17-29-27(31)19-30(26-12-5-4-11-25(26)28)36(32,33)24-15-13-22(34-3)14-16-24/h4-6,8,10-16,18,20H,7,9,17,19H2,1-3H3,(H,29,31). The Morgan fingerprint density at radius 2 is 1.72 bits per heavy atom. The van der Waals surface area contributed by atoms with Crippen LogP contribution in [0.5, 0.6) is 11.5 Å². The van der Waals surface area contributed by atoms with Crippen molar-refractivity contribution in [1.29, 1.82) is 0 Å². The Bertz CT molecular complexity index is 1260. The lowest BCUT2D eigenvalue weighted by atomic mass is 10.1. The lowest BCUT2D eigenvalue weighted by Crippen LogP contribution is -2.41. The van der Waals surface area contributed by atoms with E-state index >= 15 is 0 Å². The highest BCUT2D eigenvalue weighted by Gasteiger charge is 2.29. The number of carbonyl (C=O) groups is 1. The van der Waals surface area contributed by atoms with Crippen LogP contribution in [0, 0.1) is 5.82 Å². The SMILES string of the molecule is COc1ccc(S(=O)(=O)N(CC(=O)NCCCc2cccc(OC(C)C)c2)c2ccccc2F)cc1. The summed E-state index contributed by atoms with van der Waals surface area (Å²) in [7, 11) is -2.75. The summed E-state index contributed by atoms with van der Waals surface area (Å²) in [6.07, 6.45) is 1.42. The van der Waals surface area contributed by atoms with Crippen LogP contribution in [-0.2, 0) is 21.2 Å². The number of sulfonamides is 1. The first-order chi connectivity index (χ1) is 17.2. The first-order valence-corrected chi connectivity index (χ1v) is 13.1. The second-order valence-electron chi connectivity index (χ2n) is 8.41. The summed E-state index contributed by atoms with van der Waals surface area (Å²) in [6.45, 7) is 3.69. The van der Waals surface area contributed by atoms with Crippen molar-refractivity contribution in [3.8, 4) is 11.5 Å². The normalized spacial score (nSPS) is 11.2. The molecule has 0 spiro atoms. The highest BCUT2D eigenvalue weighted by atomic mass is 32.2. The van der Waals surface area contributed by atoms with Crippen LogP contribution < -0.4 is 19.1 Å². The second-order valence-corrected chi connectivity index (χ2v) is 10.3. The summed E-state index contributed by atoms with van der Waals surface area (Å²) in [5.41, 5.74) is 0.864. The summed E-state index contributed by atoms with van der Waals surface area (Å²) in [5, 5.41) is 2.74. The van der Waals surface area contributed by atoms with E-state index < -0.39 is 28.3 Å². The minimum atomic E-state index is -4.22. The van der Waals surface area contributed by atoms with Crippen molar-refractivity contribution < 1.29 is 27.1 Å². The van der Waals surface area contributed by atoms with Crippen LogP contribution >= 0.6 is 0 Å². The fourth-order valence-electron chi connectivity index (χ4n) is 3.58. The van der Waals surface area contributed by atoms with Gasteiger partial charge >= 0.3 is 0 Å². The van der Waals surface area contributed by atoms with Gasteiger partial charge in [0.15, 0.2) is 0 Å². The van der Waals surface area contributed by atoms with Crippen LogP contribution in [0.15, 0.2) is 77.7 Å². The van der Waals surface area contributed by atoms with Crippen LogP contribution in [-0.4, -0.2) is 40.6 Å². The Morgan fingerprint density at radius 1 is 1.00 bits per heavy atom. The molecule has 0 saturated heterocycles. The van der Waals surface area contributed by atoms with Crippen LogP contribution in [0.25, 0.3) is 0 Å². The Morgan fingerprint density at radius 3 is 2.39 bits per heavy atom. The summed E-state index contributed by atoms with van der Waals surface area (Å²) in [4.78, 5) is 12.6. The van der Waals surface area contributed by atoms with E-state index in [4.69, 9.17) is 9.47 Å². The van der Waals surface area contributed by atoms with Crippen molar-refractivity contribution in [1.82, 2.24) is 5.32 Å². The first-order valence-electron chi connectivity index (χ1n) is 11.6. The molecule has 9 heteroatoms. The van der Waals surface area contributed by atoms with Crippen molar-refractivity contribution in [2.24, 2.45) is 0 Å². The molecular weight excluding hydrogens is 483 g/mol. The molecular formula is C27H31FN2O5S. The van der Waals surface area contributed by atoms with Gasteiger partial charge in [-0.15, -0.1) is 0 Å². The zero-order valence-electron chi connectivity index (χ0n) is 20.6. The van der Waals surface area contributed by atoms with E-state index in [1.165, 1.54) is 49.6 Å². The smallest absolute Gasteiger partial charge is 0.264 e. The molecule has 7 nitrogen and oxygen atoms in total. The Hall–Kier alpha value is -3.59. The largest absolute Gasteiger partial charge is 0.497 e. The summed E-state index contributed by atoms with van der Waals surface area (Å²) < 4.78 is 52.9. The predicted molar refractivity (Wildman–Crippen MR) is 137 cm³/mol. The fraction of sp³-hybridized carbons (Fsp3) is 0.296. The summed E-state index contributed by atoms with van der Waals surface area (Å²) in [5.74, 6) is -0.0145. The third-order valence-electron chi connectivity index (χ3n) is 5.29. The molecule has 0 heterocycles. The maximum atomic E-state index is 14.6. The molecule has 0 atom stereocenters. The predicted octanol–water partition coefficient (Wildman–Crippen LogP) is 4.57. The van der Waals surface area contributed by atoms with Crippen molar-refractivity contribution in [2.45, 2.75) is 37.7 Å². The molecule has 3 rings (SSSR count). The number of nitrogens with one attached hydrogen (secondary N) is 1. The van der Waals surface area contributed by atoms with Gasteiger partial charge in [0.05, 0.1) is 23.8 Å². The molecule has 0 bridgehead atoms. The van der Waals surface area contributed by atoms with Gasteiger partial charge in [0.1, 0.15) is 23.9 Å². The zero-order valence-corrected chi connectivity index (χ0v) is 21.4. The molecule has 3 aromatic rings. The van der Waals surface area contributed by atoms with Crippen LogP contribution in [0.4, 0.5) is 10.1 Å². The van der Waals surface area contributed by atoms with E-state index in [9.17, 15) is 17.6 Å². The molecule has 1 amide bonds. The minimum absolute atomic E-state index is 0.0751. The molecule has 0 aromatic heterocycles. The van der Waals surface area contributed by atoms with Gasteiger partial charge in [0.2, 0.25) is 5.91 Å². The lowest BCUT2D eigenvalue weighted by Gasteiger charge is -2.24. The molecule has 0 fully saturated rings. The van der Waals surface area contributed by atoms with E-state index in [0.29, 0.717) is 25.1 Å². The summed E-state index contributed by atoms with van der Waals surface area (Å²) in [6, 6.07) is 18.9. The zero-order chi connectivity index (χ0) is 26.1. The number of rotatable bonds is 12. The van der Waals surface area contributed by atoms with E-state index in [-0.39, 0.29) is 16.7 Å². The Labute approximate surface area is 211 Å². The number of benzene rings is 3. The molecule has 0 aliphatic carbocycles. The quantitative estimate of drug-likeness (QED) is 0.358. The number of anilines is 1. The summed E-state index contributed by atoms with van der Waals surface area (Å²) >= 11 is 0. The highest BCUT2D eigenvalue weighted by Crippen LogP contribution is 2.27. The number of aryl methyl sites for hydroxylation is 1. The minimum Gasteiger partial charge on any atom is -0.497 e. The number of nitrogens with zero attached hydrogens (tertiary/aromatic N) is 1. The third-order valence-corrected chi connectivity index (χ3v) is 7.06. The van der Waals surface area contributed by atoms with Crippen molar-refractivity contribution >= 4 is 21.6 Å². The van der Waals surface area contributed by atoms with Gasteiger partial charge in [0.25, 0.3) is 10.0 Å².